The summed E-state index contributed by atoms with van der Waals surface area (Å²) in [7, 11) is 0. The van der Waals surface area contributed by atoms with Gasteiger partial charge < -0.3 is 20.7 Å². The van der Waals surface area contributed by atoms with Crippen molar-refractivity contribution >= 4 is 29.7 Å². The molecule has 0 unspecified atom stereocenters. The molecule has 0 radical (unpaired) electrons. The molecular weight excluding hydrogens is 474 g/mol. The van der Waals surface area contributed by atoms with Gasteiger partial charge in [0.05, 0.1) is 24.5 Å². The summed E-state index contributed by atoms with van der Waals surface area (Å²) in [5.41, 5.74) is 11.2. The molecule has 0 bridgehead atoms. The third-order valence-electron chi connectivity index (χ3n) is 6.09. The van der Waals surface area contributed by atoms with Crippen LogP contribution in [0.25, 0.3) is 17.3 Å². The van der Waals surface area contributed by atoms with Crippen molar-refractivity contribution in [1.29, 1.82) is 0 Å². The summed E-state index contributed by atoms with van der Waals surface area (Å²) in [6.07, 6.45) is 7.12. The van der Waals surface area contributed by atoms with Gasteiger partial charge >= 0.3 is 6.03 Å². The van der Waals surface area contributed by atoms with E-state index in [4.69, 9.17) is 22.1 Å². The average Bonchev–Trinajstić information content (AvgIpc) is 3.29. The number of fused-ring (bicyclic) bond motifs is 1. The molecular formula is C28H32ClN5O2. The minimum atomic E-state index is -0.107. The number of aromatic nitrogens is 2. The van der Waals surface area contributed by atoms with Crippen LogP contribution in [0.1, 0.15) is 48.6 Å². The summed E-state index contributed by atoms with van der Waals surface area (Å²) in [6.45, 7) is 5.91. The van der Waals surface area contributed by atoms with E-state index >= 15 is 0 Å². The second kappa shape index (κ2) is 11.9. The van der Waals surface area contributed by atoms with E-state index in [2.05, 4.69) is 22.2 Å². The number of nitrogen functional groups attached to an aromatic ring is 1. The van der Waals surface area contributed by atoms with Gasteiger partial charge in [-0.3, -0.25) is 0 Å². The third kappa shape index (κ3) is 6.15. The molecule has 3 aromatic rings. The molecule has 0 atom stereocenters. The molecule has 0 saturated carbocycles. The number of nitrogens with zero attached hydrogens (tertiary/aromatic N) is 3. The molecule has 1 aliphatic rings. The third-order valence-corrected chi connectivity index (χ3v) is 6.31. The van der Waals surface area contributed by atoms with Crippen LogP contribution in [0.4, 0.5) is 10.7 Å². The quantitative estimate of drug-likeness (QED) is 0.348. The zero-order valence-corrected chi connectivity index (χ0v) is 21.5. The number of rotatable bonds is 9. The van der Waals surface area contributed by atoms with Crippen LogP contribution in [0, 0.1) is 6.92 Å². The number of unbranched alkanes of at least 4 members (excludes halogenated alkanes) is 2. The van der Waals surface area contributed by atoms with E-state index in [-0.39, 0.29) is 12.0 Å². The molecule has 0 aliphatic carbocycles. The number of amides is 2. The summed E-state index contributed by atoms with van der Waals surface area (Å²) in [6, 6.07) is 13.6. The molecule has 3 N–H and O–H groups in total. The molecule has 7 nitrogen and oxygen atoms in total. The van der Waals surface area contributed by atoms with Crippen molar-refractivity contribution in [3.05, 3.63) is 75.9 Å². The van der Waals surface area contributed by atoms with Gasteiger partial charge in [-0.2, -0.15) is 0 Å². The van der Waals surface area contributed by atoms with Crippen LogP contribution >= 0.6 is 11.6 Å². The Morgan fingerprint density at radius 1 is 1.19 bits per heavy atom. The van der Waals surface area contributed by atoms with Crippen molar-refractivity contribution in [2.45, 2.75) is 46.2 Å². The highest BCUT2D eigenvalue weighted by Gasteiger charge is 2.30. The number of aryl methyl sites for hydroxylation is 1. The Bertz CT molecular complexity index is 1250. The SMILES string of the molecule is CCCCCNC(=O)N1Cc2nc(N)nc(-c3c(C)cc(Cl)cc3OC/C=C/c3ccccc3)c2C1. The van der Waals surface area contributed by atoms with Gasteiger partial charge in [0.15, 0.2) is 0 Å². The molecule has 2 heterocycles. The predicted octanol–water partition coefficient (Wildman–Crippen LogP) is 6.00. The summed E-state index contributed by atoms with van der Waals surface area (Å²) in [5.74, 6) is 0.777. The first-order valence-corrected chi connectivity index (χ1v) is 12.7. The maximum Gasteiger partial charge on any atom is 0.318 e. The Balaban J connectivity index is 1.58. The topological polar surface area (TPSA) is 93.4 Å². The highest BCUT2D eigenvalue weighted by atomic mass is 35.5. The number of nitrogens with one attached hydrogen (secondary N) is 1. The first-order chi connectivity index (χ1) is 17.5. The van der Waals surface area contributed by atoms with E-state index in [1.54, 1.807) is 11.0 Å². The number of hydrogen-bond acceptors (Lipinski definition) is 5. The fraction of sp³-hybridized carbons (Fsp3) is 0.321. The Labute approximate surface area is 217 Å². The van der Waals surface area contributed by atoms with Crippen molar-refractivity contribution in [2.75, 3.05) is 18.9 Å². The molecule has 1 aromatic heterocycles. The number of ether oxygens (including phenoxy) is 1. The number of hydrogen-bond donors (Lipinski definition) is 2. The van der Waals surface area contributed by atoms with Gasteiger partial charge in [-0.1, -0.05) is 67.8 Å². The largest absolute Gasteiger partial charge is 0.489 e. The Morgan fingerprint density at radius 2 is 2.00 bits per heavy atom. The lowest BCUT2D eigenvalue weighted by Crippen LogP contribution is -2.36. The number of carbonyl (C=O) groups is 1. The van der Waals surface area contributed by atoms with Crippen LogP contribution in [0.2, 0.25) is 5.02 Å². The first kappa shape index (κ1) is 25.5. The second-order valence-electron chi connectivity index (χ2n) is 8.87. The summed E-state index contributed by atoms with van der Waals surface area (Å²) < 4.78 is 6.16. The van der Waals surface area contributed by atoms with Crippen LogP contribution in [0.3, 0.4) is 0 Å². The Morgan fingerprint density at radius 3 is 2.78 bits per heavy atom. The van der Waals surface area contributed by atoms with Crippen molar-refractivity contribution in [3.8, 4) is 17.0 Å². The molecule has 0 saturated heterocycles. The van der Waals surface area contributed by atoms with Gasteiger partial charge in [0, 0.05) is 22.7 Å². The number of anilines is 1. The molecule has 2 aromatic carbocycles. The maximum absolute atomic E-state index is 12.8. The van der Waals surface area contributed by atoms with Gasteiger partial charge in [-0.05, 0) is 42.7 Å². The smallest absolute Gasteiger partial charge is 0.318 e. The fourth-order valence-corrected chi connectivity index (χ4v) is 4.59. The van der Waals surface area contributed by atoms with E-state index in [1.807, 2.05) is 55.5 Å². The molecule has 0 fully saturated rings. The second-order valence-corrected chi connectivity index (χ2v) is 9.31. The van der Waals surface area contributed by atoms with E-state index in [1.165, 1.54) is 0 Å². The standard InChI is InChI=1S/C28H32ClN5O2/c1-3-4-8-13-31-28(35)34-17-22-23(18-34)32-27(30)33-26(22)25-19(2)15-21(29)16-24(25)36-14-9-12-20-10-6-5-7-11-20/h5-7,9-12,15-16H,3-4,8,13-14,17-18H2,1-2H3,(H,31,35)(H2,30,32,33)/b12-9+. The van der Waals surface area contributed by atoms with Crippen LogP contribution in [0.5, 0.6) is 5.75 Å². The fourth-order valence-electron chi connectivity index (χ4n) is 4.32. The van der Waals surface area contributed by atoms with Gasteiger partial charge in [0.2, 0.25) is 5.95 Å². The van der Waals surface area contributed by atoms with Crippen LogP contribution in [-0.4, -0.2) is 34.1 Å². The average molecular weight is 506 g/mol. The molecule has 2 amide bonds. The van der Waals surface area contributed by atoms with E-state index in [0.29, 0.717) is 42.7 Å². The Kier molecular flexibility index (Phi) is 8.44. The monoisotopic (exact) mass is 505 g/mol. The van der Waals surface area contributed by atoms with Crippen LogP contribution in [0.15, 0.2) is 48.5 Å². The predicted molar refractivity (Wildman–Crippen MR) is 145 cm³/mol. The van der Waals surface area contributed by atoms with Gasteiger partial charge in [-0.15, -0.1) is 0 Å². The lowest BCUT2D eigenvalue weighted by Gasteiger charge is -2.17. The van der Waals surface area contributed by atoms with Crippen LogP contribution in [-0.2, 0) is 13.1 Å². The van der Waals surface area contributed by atoms with E-state index < -0.39 is 0 Å². The lowest BCUT2D eigenvalue weighted by atomic mass is 10.00. The highest BCUT2D eigenvalue weighted by Crippen LogP contribution is 2.40. The van der Waals surface area contributed by atoms with Gasteiger partial charge in [0.1, 0.15) is 12.4 Å². The number of urea groups is 1. The zero-order chi connectivity index (χ0) is 25.5. The molecule has 4 rings (SSSR count). The number of halogens is 1. The Hall–Kier alpha value is -3.58. The minimum absolute atomic E-state index is 0.107. The normalized spacial score (nSPS) is 12.7. The molecule has 8 heteroatoms. The zero-order valence-electron chi connectivity index (χ0n) is 20.8. The first-order valence-electron chi connectivity index (χ1n) is 12.3. The number of nitrogens with two attached hydrogens (primary N) is 1. The molecule has 188 valence electrons. The maximum atomic E-state index is 12.8. The van der Waals surface area contributed by atoms with E-state index in [0.717, 1.165) is 47.2 Å². The summed E-state index contributed by atoms with van der Waals surface area (Å²) in [4.78, 5) is 23.5. The number of carbonyl (C=O) groups excluding carboxylic acids is 1. The van der Waals surface area contributed by atoms with Crippen molar-refractivity contribution < 1.29 is 9.53 Å². The van der Waals surface area contributed by atoms with Gasteiger partial charge in [-0.25, -0.2) is 14.8 Å². The minimum Gasteiger partial charge on any atom is -0.489 e. The van der Waals surface area contributed by atoms with Crippen molar-refractivity contribution in [1.82, 2.24) is 20.2 Å². The van der Waals surface area contributed by atoms with Gasteiger partial charge in [0.25, 0.3) is 0 Å². The van der Waals surface area contributed by atoms with Crippen molar-refractivity contribution in [3.63, 3.8) is 0 Å². The molecule has 0 spiro atoms. The molecule has 36 heavy (non-hydrogen) atoms. The van der Waals surface area contributed by atoms with E-state index in [9.17, 15) is 4.79 Å². The molecule has 1 aliphatic heterocycles. The summed E-state index contributed by atoms with van der Waals surface area (Å²) in [5, 5.41) is 3.58. The van der Waals surface area contributed by atoms with Crippen LogP contribution < -0.4 is 15.8 Å². The lowest BCUT2D eigenvalue weighted by molar-refractivity contribution is 0.198. The van der Waals surface area contributed by atoms with Crippen molar-refractivity contribution in [2.24, 2.45) is 0 Å². The highest BCUT2D eigenvalue weighted by molar-refractivity contribution is 6.31. The summed E-state index contributed by atoms with van der Waals surface area (Å²) >= 11 is 6.39. The number of benzene rings is 2.